The average molecular weight is 306 g/mol. The molecule has 0 bridgehead atoms. The number of unbranched alkanes of at least 4 members (excludes halogenated alkanes) is 1. The predicted octanol–water partition coefficient (Wildman–Crippen LogP) is 4.04. The van der Waals surface area contributed by atoms with E-state index < -0.39 is 5.60 Å². The summed E-state index contributed by atoms with van der Waals surface area (Å²) in [5, 5.41) is 0. The lowest BCUT2D eigenvalue weighted by Gasteiger charge is -2.12. The van der Waals surface area contributed by atoms with Crippen LogP contribution < -0.4 is 4.74 Å². The highest BCUT2D eigenvalue weighted by Crippen LogP contribution is 2.53. The third-order valence-corrected chi connectivity index (χ3v) is 3.77. The summed E-state index contributed by atoms with van der Waals surface area (Å²) in [5.41, 5.74) is 0.215. The lowest BCUT2D eigenvalue weighted by molar-refractivity contribution is -0.149. The number of carbonyl (C=O) groups is 1. The van der Waals surface area contributed by atoms with E-state index in [4.69, 9.17) is 14.2 Å². The van der Waals surface area contributed by atoms with Gasteiger partial charge >= 0.3 is 5.97 Å². The van der Waals surface area contributed by atoms with Crippen LogP contribution in [0.4, 0.5) is 0 Å². The molecule has 2 rings (SSSR count). The van der Waals surface area contributed by atoms with E-state index in [-0.39, 0.29) is 18.2 Å². The van der Waals surface area contributed by atoms with Crippen LogP contribution in [0.3, 0.4) is 0 Å². The molecular formula is C18H26O4. The van der Waals surface area contributed by atoms with E-state index in [9.17, 15) is 4.79 Å². The van der Waals surface area contributed by atoms with Gasteiger partial charge in [0.25, 0.3) is 0 Å². The number of ether oxygens (including phenoxy) is 3. The molecule has 1 saturated heterocycles. The van der Waals surface area contributed by atoms with Crippen LogP contribution in [-0.4, -0.2) is 24.3 Å². The van der Waals surface area contributed by atoms with Gasteiger partial charge in [0.1, 0.15) is 11.9 Å². The van der Waals surface area contributed by atoms with Gasteiger partial charge in [-0.1, -0.05) is 31.9 Å². The van der Waals surface area contributed by atoms with Crippen molar-refractivity contribution < 1.29 is 19.0 Å². The first-order chi connectivity index (χ1) is 10.5. The molecule has 1 fully saturated rings. The molecule has 1 aliphatic rings. The number of epoxide rings is 1. The molecular weight excluding hydrogens is 280 g/mol. The molecule has 0 amide bonds. The maximum atomic E-state index is 12.3. The van der Waals surface area contributed by atoms with Gasteiger partial charge in [0.2, 0.25) is 0 Å². The van der Waals surface area contributed by atoms with E-state index in [2.05, 4.69) is 6.92 Å². The Morgan fingerprint density at radius 2 is 1.95 bits per heavy atom. The lowest BCUT2D eigenvalue weighted by atomic mass is 9.94. The van der Waals surface area contributed by atoms with Gasteiger partial charge in [0.15, 0.2) is 5.60 Å². The van der Waals surface area contributed by atoms with Gasteiger partial charge in [-0.3, -0.25) is 0 Å². The van der Waals surface area contributed by atoms with Gasteiger partial charge in [0.05, 0.1) is 12.7 Å². The second kappa shape index (κ2) is 7.14. The molecule has 0 radical (unpaired) electrons. The highest BCUT2D eigenvalue weighted by Gasteiger charge is 2.63. The van der Waals surface area contributed by atoms with E-state index >= 15 is 0 Å². The highest BCUT2D eigenvalue weighted by molar-refractivity contribution is 5.84. The number of esters is 1. The van der Waals surface area contributed by atoms with Crippen LogP contribution >= 0.6 is 0 Å². The SMILES string of the molecule is CCCC[C@]1(C(=O)OCC)O[C@@H]1c1ccc(OC(C)C)cc1. The molecule has 0 saturated carbocycles. The Labute approximate surface area is 132 Å². The Bertz CT molecular complexity index is 494. The average Bonchev–Trinajstić information content (AvgIpc) is 3.21. The highest BCUT2D eigenvalue weighted by atomic mass is 16.7. The Kier molecular flexibility index (Phi) is 5.46. The minimum atomic E-state index is -0.785. The van der Waals surface area contributed by atoms with Crippen molar-refractivity contribution in [2.45, 2.75) is 64.8 Å². The molecule has 122 valence electrons. The van der Waals surface area contributed by atoms with Crippen molar-refractivity contribution >= 4 is 5.97 Å². The van der Waals surface area contributed by atoms with Gasteiger partial charge in [0, 0.05) is 0 Å². The first kappa shape index (κ1) is 16.8. The van der Waals surface area contributed by atoms with Crippen LogP contribution in [0, 0.1) is 0 Å². The Hall–Kier alpha value is -1.55. The number of hydrogen-bond donors (Lipinski definition) is 0. The summed E-state index contributed by atoms with van der Waals surface area (Å²) >= 11 is 0. The minimum absolute atomic E-state index is 0.145. The van der Waals surface area contributed by atoms with Crippen LogP contribution in [0.15, 0.2) is 24.3 Å². The zero-order valence-electron chi connectivity index (χ0n) is 13.9. The summed E-state index contributed by atoms with van der Waals surface area (Å²) in [4.78, 5) is 12.3. The standard InChI is InChI=1S/C18H26O4/c1-5-7-12-18(17(19)20-6-2)16(22-18)14-8-10-15(11-9-14)21-13(3)4/h8-11,13,16H,5-7,12H2,1-4H3/t16-,18+/m1/s1. The van der Waals surface area contributed by atoms with Gasteiger partial charge < -0.3 is 14.2 Å². The fraction of sp³-hybridized carbons (Fsp3) is 0.611. The number of carbonyl (C=O) groups excluding carboxylic acids is 1. The molecule has 4 nitrogen and oxygen atoms in total. The normalized spacial score (nSPS) is 23.4. The second-order valence-corrected chi connectivity index (χ2v) is 5.95. The summed E-state index contributed by atoms with van der Waals surface area (Å²) in [5.74, 6) is 0.589. The zero-order valence-corrected chi connectivity index (χ0v) is 13.9. The third kappa shape index (κ3) is 3.61. The quantitative estimate of drug-likeness (QED) is 0.537. The van der Waals surface area contributed by atoms with Crippen molar-refractivity contribution in [1.29, 1.82) is 0 Å². The first-order valence-electron chi connectivity index (χ1n) is 8.15. The molecule has 1 heterocycles. The molecule has 1 aliphatic heterocycles. The van der Waals surface area contributed by atoms with Gasteiger partial charge in [-0.15, -0.1) is 0 Å². The molecule has 0 aliphatic carbocycles. The largest absolute Gasteiger partial charge is 0.491 e. The van der Waals surface area contributed by atoms with E-state index in [0.29, 0.717) is 13.0 Å². The number of hydrogen-bond acceptors (Lipinski definition) is 4. The number of benzene rings is 1. The van der Waals surface area contributed by atoms with Crippen molar-refractivity contribution in [2.24, 2.45) is 0 Å². The van der Waals surface area contributed by atoms with Crippen molar-refractivity contribution in [2.75, 3.05) is 6.61 Å². The molecule has 1 aromatic carbocycles. The van der Waals surface area contributed by atoms with E-state index in [0.717, 1.165) is 24.2 Å². The molecule has 0 N–H and O–H groups in total. The molecule has 0 aromatic heterocycles. The topological polar surface area (TPSA) is 48.1 Å². The van der Waals surface area contributed by atoms with Gasteiger partial charge in [-0.2, -0.15) is 0 Å². The van der Waals surface area contributed by atoms with Crippen molar-refractivity contribution in [3.8, 4) is 5.75 Å². The maximum absolute atomic E-state index is 12.3. The molecule has 4 heteroatoms. The minimum Gasteiger partial charge on any atom is -0.491 e. The Morgan fingerprint density at radius 1 is 1.27 bits per heavy atom. The second-order valence-electron chi connectivity index (χ2n) is 5.95. The summed E-state index contributed by atoms with van der Waals surface area (Å²) in [7, 11) is 0. The Morgan fingerprint density at radius 3 is 2.50 bits per heavy atom. The molecule has 0 unspecified atom stereocenters. The fourth-order valence-corrected chi connectivity index (χ4v) is 2.65. The molecule has 22 heavy (non-hydrogen) atoms. The molecule has 1 aromatic rings. The van der Waals surface area contributed by atoms with Crippen LogP contribution in [0.2, 0.25) is 0 Å². The van der Waals surface area contributed by atoms with E-state index in [1.54, 1.807) is 0 Å². The van der Waals surface area contributed by atoms with Crippen LogP contribution in [-0.2, 0) is 14.3 Å². The first-order valence-corrected chi connectivity index (χ1v) is 8.15. The van der Waals surface area contributed by atoms with Crippen molar-refractivity contribution in [1.82, 2.24) is 0 Å². The number of rotatable bonds is 8. The molecule has 0 spiro atoms. The summed E-state index contributed by atoms with van der Waals surface area (Å²) < 4.78 is 16.7. The van der Waals surface area contributed by atoms with Crippen LogP contribution in [0.25, 0.3) is 0 Å². The van der Waals surface area contributed by atoms with Crippen molar-refractivity contribution in [3.05, 3.63) is 29.8 Å². The zero-order chi connectivity index (χ0) is 16.2. The smallest absolute Gasteiger partial charge is 0.341 e. The monoisotopic (exact) mass is 306 g/mol. The van der Waals surface area contributed by atoms with Crippen LogP contribution in [0.5, 0.6) is 5.75 Å². The van der Waals surface area contributed by atoms with Gasteiger partial charge in [-0.05, 0) is 44.9 Å². The predicted molar refractivity (Wildman–Crippen MR) is 84.9 cm³/mol. The van der Waals surface area contributed by atoms with Gasteiger partial charge in [-0.25, -0.2) is 4.79 Å². The lowest BCUT2D eigenvalue weighted by Crippen LogP contribution is -2.28. The summed E-state index contributed by atoms with van der Waals surface area (Å²) in [6.45, 7) is 8.29. The third-order valence-electron chi connectivity index (χ3n) is 3.77. The maximum Gasteiger partial charge on any atom is 0.341 e. The molecule has 2 atom stereocenters. The summed E-state index contributed by atoms with van der Waals surface area (Å²) in [6, 6.07) is 7.78. The fourth-order valence-electron chi connectivity index (χ4n) is 2.65. The Balaban J connectivity index is 2.09. The summed E-state index contributed by atoms with van der Waals surface area (Å²) in [6.07, 6.45) is 2.62. The van der Waals surface area contributed by atoms with E-state index in [1.807, 2.05) is 45.0 Å². The van der Waals surface area contributed by atoms with Crippen LogP contribution in [0.1, 0.15) is 58.6 Å². The van der Waals surface area contributed by atoms with Crippen molar-refractivity contribution in [3.63, 3.8) is 0 Å². The van der Waals surface area contributed by atoms with E-state index in [1.165, 1.54) is 0 Å².